The molecule has 13 heavy (non-hydrogen) atoms. The van der Waals surface area contributed by atoms with Crippen LogP contribution in [-0.4, -0.2) is 5.11 Å². The first-order valence-electron chi connectivity index (χ1n) is 4.09. The summed E-state index contributed by atoms with van der Waals surface area (Å²) in [7, 11) is 0. The smallest absolute Gasteiger partial charge is 0.0882 e. The van der Waals surface area contributed by atoms with E-state index in [1.54, 1.807) is 11.3 Å². The van der Waals surface area contributed by atoms with Crippen molar-refractivity contribution in [2.45, 2.75) is 25.4 Å². The molecule has 0 spiro atoms. The summed E-state index contributed by atoms with van der Waals surface area (Å²) in [6.45, 7) is 0. The summed E-state index contributed by atoms with van der Waals surface area (Å²) in [5.74, 6) is 2.56. The fraction of sp³-hybridized carbons (Fsp3) is 0.400. The minimum atomic E-state index is -0.357. The van der Waals surface area contributed by atoms with Gasteiger partial charge in [0, 0.05) is 21.2 Å². The summed E-state index contributed by atoms with van der Waals surface area (Å²) in [6, 6.07) is 1.95. The number of unbranched alkanes of at least 4 members (excludes halogenated alkanes) is 1. The predicted molar refractivity (Wildman–Crippen MR) is 59.7 cm³/mol. The number of halogens is 1. The minimum Gasteiger partial charge on any atom is -0.388 e. The van der Waals surface area contributed by atoms with E-state index in [9.17, 15) is 5.11 Å². The van der Waals surface area contributed by atoms with Gasteiger partial charge in [0.15, 0.2) is 0 Å². The normalized spacial score (nSPS) is 12.4. The Labute approximate surface area is 90.9 Å². The molecule has 0 fully saturated rings. The highest BCUT2D eigenvalue weighted by atomic mass is 79.9. The van der Waals surface area contributed by atoms with Crippen molar-refractivity contribution in [3.63, 3.8) is 0 Å². The highest BCUT2D eigenvalue weighted by Crippen LogP contribution is 2.28. The van der Waals surface area contributed by atoms with Gasteiger partial charge >= 0.3 is 0 Å². The maximum absolute atomic E-state index is 9.68. The Hall–Kier alpha value is -0.300. The van der Waals surface area contributed by atoms with Crippen molar-refractivity contribution >= 4 is 27.3 Å². The van der Waals surface area contributed by atoms with Crippen LogP contribution in [0.2, 0.25) is 0 Å². The second-order valence-electron chi connectivity index (χ2n) is 2.78. The summed E-state index contributed by atoms with van der Waals surface area (Å²) in [5.41, 5.74) is 0. The Morgan fingerprint density at radius 3 is 3.00 bits per heavy atom. The van der Waals surface area contributed by atoms with Crippen LogP contribution in [0.4, 0.5) is 0 Å². The summed E-state index contributed by atoms with van der Waals surface area (Å²) in [5, 5.41) is 11.7. The fourth-order valence-corrected chi connectivity index (χ4v) is 2.51. The third kappa shape index (κ3) is 3.51. The lowest BCUT2D eigenvalue weighted by molar-refractivity contribution is 0.169. The zero-order valence-electron chi connectivity index (χ0n) is 7.16. The number of hydrogen-bond acceptors (Lipinski definition) is 2. The average molecular weight is 259 g/mol. The molecule has 0 saturated carbocycles. The fourth-order valence-electron chi connectivity index (χ4n) is 1.04. The summed E-state index contributed by atoms with van der Waals surface area (Å²) < 4.78 is 1.03. The quantitative estimate of drug-likeness (QED) is 0.649. The first kappa shape index (κ1) is 10.8. The first-order chi connectivity index (χ1) is 6.24. The highest BCUT2D eigenvalue weighted by Gasteiger charge is 2.08. The van der Waals surface area contributed by atoms with Gasteiger partial charge in [-0.3, -0.25) is 0 Å². The number of aliphatic hydroxyl groups is 1. The Kier molecular flexibility index (Phi) is 4.51. The molecule has 0 amide bonds. The zero-order valence-corrected chi connectivity index (χ0v) is 9.57. The van der Waals surface area contributed by atoms with E-state index in [4.69, 9.17) is 6.42 Å². The lowest BCUT2D eigenvalue weighted by Gasteiger charge is -2.05. The van der Waals surface area contributed by atoms with E-state index < -0.39 is 0 Å². The van der Waals surface area contributed by atoms with Gasteiger partial charge in [0.1, 0.15) is 0 Å². The van der Waals surface area contributed by atoms with Gasteiger partial charge in [-0.05, 0) is 34.8 Å². The molecule has 0 bridgehead atoms. The van der Waals surface area contributed by atoms with Gasteiger partial charge in [-0.25, -0.2) is 0 Å². The van der Waals surface area contributed by atoms with E-state index in [0.717, 1.165) is 28.6 Å². The SMILES string of the molecule is C#CCCCC(O)c1cc(Br)cs1. The lowest BCUT2D eigenvalue weighted by atomic mass is 10.1. The van der Waals surface area contributed by atoms with Crippen molar-refractivity contribution in [2.24, 2.45) is 0 Å². The lowest BCUT2D eigenvalue weighted by Crippen LogP contribution is -1.93. The van der Waals surface area contributed by atoms with Gasteiger partial charge in [0.05, 0.1) is 6.10 Å². The summed E-state index contributed by atoms with van der Waals surface area (Å²) in [4.78, 5) is 1.00. The molecule has 1 N–H and O–H groups in total. The molecule has 1 aromatic heterocycles. The van der Waals surface area contributed by atoms with E-state index in [0.29, 0.717) is 0 Å². The molecular formula is C10H11BrOS. The van der Waals surface area contributed by atoms with Gasteiger partial charge in [-0.1, -0.05) is 0 Å². The van der Waals surface area contributed by atoms with Crippen molar-refractivity contribution < 1.29 is 5.11 Å². The van der Waals surface area contributed by atoms with Crippen molar-refractivity contribution in [2.75, 3.05) is 0 Å². The van der Waals surface area contributed by atoms with Gasteiger partial charge in [-0.15, -0.1) is 23.7 Å². The van der Waals surface area contributed by atoms with Crippen LogP contribution in [0.3, 0.4) is 0 Å². The van der Waals surface area contributed by atoms with Crippen LogP contribution in [-0.2, 0) is 0 Å². The van der Waals surface area contributed by atoms with Crippen molar-refractivity contribution in [1.82, 2.24) is 0 Å². The second-order valence-corrected chi connectivity index (χ2v) is 4.64. The van der Waals surface area contributed by atoms with Crippen LogP contribution >= 0.6 is 27.3 Å². The molecule has 0 aliphatic rings. The molecule has 0 radical (unpaired) electrons. The average Bonchev–Trinajstić information content (AvgIpc) is 2.52. The molecule has 0 saturated heterocycles. The predicted octanol–water partition coefficient (Wildman–Crippen LogP) is 3.35. The maximum Gasteiger partial charge on any atom is 0.0882 e. The van der Waals surface area contributed by atoms with Crippen molar-refractivity contribution in [1.29, 1.82) is 0 Å². The van der Waals surface area contributed by atoms with Crippen molar-refractivity contribution in [3.05, 3.63) is 20.8 Å². The number of aliphatic hydroxyl groups excluding tert-OH is 1. The van der Waals surface area contributed by atoms with E-state index in [1.807, 2.05) is 11.4 Å². The standard InChI is InChI=1S/C10H11BrOS/c1-2-3-4-5-9(12)10-6-8(11)7-13-10/h1,6-7,9,12H,3-5H2. The molecule has 1 unspecified atom stereocenters. The van der Waals surface area contributed by atoms with Gasteiger partial charge < -0.3 is 5.11 Å². The molecule has 0 aliphatic carbocycles. The van der Waals surface area contributed by atoms with E-state index in [-0.39, 0.29) is 6.10 Å². The molecule has 70 valence electrons. The monoisotopic (exact) mass is 258 g/mol. The van der Waals surface area contributed by atoms with E-state index in [2.05, 4.69) is 21.9 Å². The molecule has 1 heterocycles. The molecule has 1 nitrogen and oxygen atoms in total. The molecule has 3 heteroatoms. The summed E-state index contributed by atoms with van der Waals surface area (Å²) >= 11 is 4.92. The molecule has 0 aromatic carbocycles. The Bertz CT molecular complexity index is 300. The molecular weight excluding hydrogens is 248 g/mol. The zero-order chi connectivity index (χ0) is 9.68. The Balaban J connectivity index is 2.40. The van der Waals surface area contributed by atoms with Crippen LogP contribution in [0.25, 0.3) is 0 Å². The highest BCUT2D eigenvalue weighted by molar-refractivity contribution is 9.10. The maximum atomic E-state index is 9.68. The second kappa shape index (κ2) is 5.43. The van der Waals surface area contributed by atoms with Crippen LogP contribution in [0.5, 0.6) is 0 Å². The van der Waals surface area contributed by atoms with E-state index in [1.165, 1.54) is 0 Å². The number of thiophene rings is 1. The molecule has 1 aromatic rings. The third-order valence-electron chi connectivity index (χ3n) is 1.71. The number of hydrogen-bond donors (Lipinski definition) is 1. The minimum absolute atomic E-state index is 0.357. The first-order valence-corrected chi connectivity index (χ1v) is 5.76. The van der Waals surface area contributed by atoms with Crippen LogP contribution in [0, 0.1) is 12.3 Å². The van der Waals surface area contributed by atoms with Crippen molar-refractivity contribution in [3.8, 4) is 12.3 Å². The largest absolute Gasteiger partial charge is 0.388 e. The van der Waals surface area contributed by atoms with Crippen LogP contribution in [0.1, 0.15) is 30.2 Å². The van der Waals surface area contributed by atoms with E-state index >= 15 is 0 Å². The number of rotatable bonds is 4. The third-order valence-corrected chi connectivity index (χ3v) is 3.51. The van der Waals surface area contributed by atoms with Gasteiger partial charge in [0.25, 0.3) is 0 Å². The van der Waals surface area contributed by atoms with Crippen LogP contribution < -0.4 is 0 Å². The molecule has 0 aliphatic heterocycles. The van der Waals surface area contributed by atoms with Gasteiger partial charge in [-0.2, -0.15) is 0 Å². The van der Waals surface area contributed by atoms with Crippen LogP contribution in [0.15, 0.2) is 15.9 Å². The van der Waals surface area contributed by atoms with Gasteiger partial charge in [0.2, 0.25) is 0 Å². The Morgan fingerprint density at radius 2 is 2.46 bits per heavy atom. The number of terminal acetylenes is 1. The molecule has 1 atom stereocenters. The molecule has 1 rings (SSSR count). The topological polar surface area (TPSA) is 20.2 Å². The summed E-state index contributed by atoms with van der Waals surface area (Å²) in [6.07, 6.45) is 7.13. The Morgan fingerprint density at radius 1 is 1.69 bits per heavy atom.